The average Bonchev–Trinajstić information content (AvgIpc) is 2.27. The Morgan fingerprint density at radius 3 is 2.56 bits per heavy atom. The van der Waals surface area contributed by atoms with Gasteiger partial charge < -0.3 is 16.0 Å². The van der Waals surface area contributed by atoms with Crippen molar-refractivity contribution in [1.82, 2.24) is 4.90 Å². The number of halogens is 1. The van der Waals surface area contributed by atoms with Gasteiger partial charge in [-0.25, -0.2) is 4.39 Å². The molecule has 0 radical (unpaired) electrons. The summed E-state index contributed by atoms with van der Waals surface area (Å²) in [7, 11) is 3.33. The maximum atomic E-state index is 13.6. The van der Waals surface area contributed by atoms with E-state index in [1.54, 1.807) is 27.1 Å². The van der Waals surface area contributed by atoms with Crippen molar-refractivity contribution >= 4 is 28.8 Å². The molecule has 98 valence electrons. The first-order valence-corrected chi connectivity index (χ1v) is 5.80. The van der Waals surface area contributed by atoms with Crippen molar-refractivity contribution in [3.63, 3.8) is 0 Å². The molecule has 4 nitrogen and oxygen atoms in total. The van der Waals surface area contributed by atoms with Crippen LogP contribution in [0.3, 0.4) is 0 Å². The lowest BCUT2D eigenvalue weighted by Gasteiger charge is -2.19. The number of nitrogens with zero attached hydrogens (tertiary/aromatic N) is 1. The van der Waals surface area contributed by atoms with Crippen molar-refractivity contribution in [3.8, 4) is 0 Å². The van der Waals surface area contributed by atoms with E-state index in [1.165, 1.54) is 17.0 Å². The third-order valence-electron chi connectivity index (χ3n) is 2.43. The standard InChI is InChI=1S/C12H16FN3OS/c1-7(12(17)16(2)3)15-8-4-5-9(11(14)18)10(13)6-8/h4-7,15H,1-3H3,(H2,14,18). The second-order valence-electron chi connectivity index (χ2n) is 4.16. The third-order valence-corrected chi connectivity index (χ3v) is 2.65. The van der Waals surface area contributed by atoms with E-state index in [0.717, 1.165) is 0 Å². The van der Waals surface area contributed by atoms with E-state index in [4.69, 9.17) is 18.0 Å². The fourth-order valence-electron chi connectivity index (χ4n) is 1.50. The number of likely N-dealkylation sites (N-methyl/N-ethyl adjacent to an activating group) is 1. The lowest BCUT2D eigenvalue weighted by Crippen LogP contribution is -2.36. The molecule has 1 aromatic carbocycles. The van der Waals surface area contributed by atoms with Gasteiger partial charge in [0.05, 0.1) is 0 Å². The first kappa shape index (κ1) is 14.4. The van der Waals surface area contributed by atoms with Crippen LogP contribution >= 0.6 is 12.2 Å². The minimum absolute atomic E-state index is 0.0106. The molecule has 0 aliphatic heterocycles. The fraction of sp³-hybridized carbons (Fsp3) is 0.333. The maximum absolute atomic E-state index is 13.6. The summed E-state index contributed by atoms with van der Waals surface area (Å²) in [4.78, 5) is 13.1. The first-order chi connectivity index (χ1) is 8.32. The Hall–Kier alpha value is -1.69. The van der Waals surface area contributed by atoms with Gasteiger partial charge >= 0.3 is 0 Å². The molecule has 1 amide bonds. The quantitative estimate of drug-likeness (QED) is 0.810. The van der Waals surface area contributed by atoms with Crippen LogP contribution in [0.5, 0.6) is 0 Å². The van der Waals surface area contributed by atoms with Crippen LogP contribution in [0.2, 0.25) is 0 Å². The number of carbonyl (C=O) groups excluding carboxylic acids is 1. The summed E-state index contributed by atoms with van der Waals surface area (Å²) >= 11 is 4.71. The number of amides is 1. The zero-order valence-corrected chi connectivity index (χ0v) is 11.3. The molecule has 1 atom stereocenters. The lowest BCUT2D eigenvalue weighted by atomic mass is 10.1. The van der Waals surface area contributed by atoms with Crippen molar-refractivity contribution in [2.45, 2.75) is 13.0 Å². The van der Waals surface area contributed by atoms with E-state index in [1.807, 2.05) is 0 Å². The molecule has 0 aliphatic carbocycles. The van der Waals surface area contributed by atoms with E-state index in [9.17, 15) is 9.18 Å². The smallest absolute Gasteiger partial charge is 0.244 e. The Morgan fingerprint density at radius 2 is 2.11 bits per heavy atom. The first-order valence-electron chi connectivity index (χ1n) is 5.40. The Morgan fingerprint density at radius 1 is 1.50 bits per heavy atom. The molecule has 0 spiro atoms. The van der Waals surface area contributed by atoms with E-state index in [-0.39, 0.29) is 16.5 Å². The second kappa shape index (κ2) is 5.77. The highest BCUT2D eigenvalue weighted by Crippen LogP contribution is 2.15. The molecule has 0 aromatic heterocycles. The van der Waals surface area contributed by atoms with Crippen LogP contribution in [0, 0.1) is 5.82 Å². The monoisotopic (exact) mass is 269 g/mol. The molecule has 0 heterocycles. The summed E-state index contributed by atoms with van der Waals surface area (Å²) in [5.74, 6) is -0.592. The van der Waals surface area contributed by atoms with Gasteiger partial charge in [-0.3, -0.25) is 4.79 Å². The number of anilines is 1. The van der Waals surface area contributed by atoms with E-state index in [0.29, 0.717) is 5.69 Å². The van der Waals surface area contributed by atoms with Gasteiger partial charge in [0.2, 0.25) is 5.91 Å². The molecule has 0 saturated heterocycles. The van der Waals surface area contributed by atoms with Gasteiger partial charge in [-0.2, -0.15) is 0 Å². The summed E-state index contributed by atoms with van der Waals surface area (Å²) < 4.78 is 13.6. The topological polar surface area (TPSA) is 58.4 Å². The van der Waals surface area contributed by atoms with Crippen molar-refractivity contribution < 1.29 is 9.18 Å². The molecule has 6 heteroatoms. The van der Waals surface area contributed by atoms with Gasteiger partial charge in [0.25, 0.3) is 0 Å². The summed E-state index contributed by atoms with van der Waals surface area (Å²) in [5, 5.41) is 2.91. The van der Waals surface area contributed by atoms with Crippen LogP contribution in [0.1, 0.15) is 12.5 Å². The summed E-state index contributed by atoms with van der Waals surface area (Å²) in [5.41, 5.74) is 6.07. The molecule has 1 aromatic rings. The Bertz CT molecular complexity index is 476. The number of hydrogen-bond donors (Lipinski definition) is 2. The molecule has 0 fully saturated rings. The van der Waals surface area contributed by atoms with Gasteiger partial charge in [0.15, 0.2) is 0 Å². The van der Waals surface area contributed by atoms with E-state index >= 15 is 0 Å². The van der Waals surface area contributed by atoms with Crippen LogP contribution in [0.25, 0.3) is 0 Å². The zero-order chi connectivity index (χ0) is 13.9. The van der Waals surface area contributed by atoms with Gasteiger partial charge in [0, 0.05) is 25.3 Å². The molecule has 0 bridgehead atoms. The zero-order valence-electron chi connectivity index (χ0n) is 10.5. The molecule has 1 rings (SSSR count). The third kappa shape index (κ3) is 3.40. The van der Waals surface area contributed by atoms with Gasteiger partial charge in [-0.15, -0.1) is 0 Å². The molecule has 1 unspecified atom stereocenters. The number of nitrogens with two attached hydrogens (primary N) is 1. The van der Waals surface area contributed by atoms with Crippen LogP contribution < -0.4 is 11.1 Å². The summed E-state index contributed by atoms with van der Waals surface area (Å²) in [6.45, 7) is 1.71. The largest absolute Gasteiger partial charge is 0.389 e. The molecule has 0 aliphatic rings. The lowest BCUT2D eigenvalue weighted by molar-refractivity contribution is -0.129. The Kier molecular flexibility index (Phi) is 4.61. The highest BCUT2D eigenvalue weighted by atomic mass is 32.1. The van der Waals surface area contributed by atoms with Crippen molar-refractivity contribution in [1.29, 1.82) is 0 Å². The van der Waals surface area contributed by atoms with Gasteiger partial charge in [-0.1, -0.05) is 12.2 Å². The number of benzene rings is 1. The summed E-state index contributed by atoms with van der Waals surface area (Å²) in [6.07, 6.45) is 0. The maximum Gasteiger partial charge on any atom is 0.244 e. The highest BCUT2D eigenvalue weighted by molar-refractivity contribution is 7.80. The predicted octanol–water partition coefficient (Wildman–Crippen LogP) is 1.35. The number of carbonyl (C=O) groups is 1. The second-order valence-corrected chi connectivity index (χ2v) is 4.60. The van der Waals surface area contributed by atoms with Gasteiger partial charge in [-0.05, 0) is 25.1 Å². The van der Waals surface area contributed by atoms with E-state index in [2.05, 4.69) is 5.32 Å². The minimum Gasteiger partial charge on any atom is -0.389 e. The minimum atomic E-state index is -0.503. The Balaban J connectivity index is 2.84. The SMILES string of the molecule is CC(Nc1ccc(C(N)=S)c(F)c1)C(=O)N(C)C. The molecule has 0 saturated carbocycles. The molecule has 18 heavy (non-hydrogen) atoms. The van der Waals surface area contributed by atoms with Crippen molar-refractivity contribution in [2.75, 3.05) is 19.4 Å². The number of rotatable bonds is 4. The van der Waals surface area contributed by atoms with Gasteiger partial charge in [0.1, 0.15) is 16.8 Å². The van der Waals surface area contributed by atoms with E-state index < -0.39 is 11.9 Å². The summed E-state index contributed by atoms with van der Waals surface area (Å²) in [6, 6.07) is 3.97. The predicted molar refractivity (Wildman–Crippen MR) is 74.1 cm³/mol. The highest BCUT2D eigenvalue weighted by Gasteiger charge is 2.15. The van der Waals surface area contributed by atoms with Crippen molar-refractivity contribution in [2.24, 2.45) is 5.73 Å². The van der Waals surface area contributed by atoms with Crippen LogP contribution in [-0.2, 0) is 4.79 Å². The van der Waals surface area contributed by atoms with Crippen LogP contribution in [0.4, 0.5) is 10.1 Å². The van der Waals surface area contributed by atoms with Crippen LogP contribution in [0.15, 0.2) is 18.2 Å². The number of hydrogen-bond acceptors (Lipinski definition) is 3. The molecular weight excluding hydrogens is 253 g/mol. The normalized spacial score (nSPS) is 11.8. The molecule has 3 N–H and O–H groups in total. The van der Waals surface area contributed by atoms with Crippen molar-refractivity contribution in [3.05, 3.63) is 29.6 Å². The number of thiocarbonyl (C=S) groups is 1. The molecular formula is C12H16FN3OS. The van der Waals surface area contributed by atoms with Crippen LogP contribution in [-0.4, -0.2) is 35.9 Å². The average molecular weight is 269 g/mol. The number of nitrogens with one attached hydrogen (secondary N) is 1. The Labute approximate surface area is 111 Å². The fourth-order valence-corrected chi connectivity index (χ4v) is 1.67.